The largest absolute Gasteiger partial charge is 1.00 e. The van der Waals surface area contributed by atoms with Crippen molar-refractivity contribution in [2.45, 2.75) is 51.4 Å². The van der Waals surface area contributed by atoms with E-state index in [1.807, 2.05) is 30.3 Å². The van der Waals surface area contributed by atoms with Crippen LogP contribution in [-0.4, -0.2) is 48.8 Å². The lowest BCUT2D eigenvalue weighted by molar-refractivity contribution is -0.906. The van der Waals surface area contributed by atoms with E-state index in [0.717, 1.165) is 61.8 Å². The number of benzene rings is 1. The Bertz CT molecular complexity index is 483. The fourth-order valence-corrected chi connectivity index (χ4v) is 3.30. The number of aliphatic carboxylic acids is 1. The molecule has 1 aliphatic rings. The maximum Gasteiger partial charge on any atom is 0.102 e. The van der Waals surface area contributed by atoms with Crippen molar-refractivity contribution in [1.82, 2.24) is 0 Å². The van der Waals surface area contributed by atoms with Gasteiger partial charge >= 0.3 is 0 Å². The molecule has 2 rings (SSSR count). The highest BCUT2D eigenvalue weighted by Gasteiger charge is 2.34. The van der Waals surface area contributed by atoms with Gasteiger partial charge in [-0.15, -0.1) is 0 Å². The average molecular weight is 462 g/mol. The molecular formula is C20H33INO3-. The quantitative estimate of drug-likeness (QED) is 0.441. The number of hydrogen-bond acceptors (Lipinski definition) is 3. The highest BCUT2D eigenvalue weighted by atomic mass is 127. The number of carboxylic acids is 1. The van der Waals surface area contributed by atoms with Gasteiger partial charge in [-0.1, -0.05) is 49.6 Å². The van der Waals surface area contributed by atoms with Gasteiger partial charge in [0.1, 0.15) is 6.54 Å². The van der Waals surface area contributed by atoms with Crippen molar-refractivity contribution in [1.29, 1.82) is 0 Å². The van der Waals surface area contributed by atoms with E-state index in [4.69, 9.17) is 5.11 Å². The van der Waals surface area contributed by atoms with Crippen molar-refractivity contribution in [2.24, 2.45) is 0 Å². The van der Waals surface area contributed by atoms with E-state index in [0.29, 0.717) is 6.61 Å². The highest BCUT2D eigenvalue weighted by Crippen LogP contribution is 2.38. The molecule has 0 heterocycles. The van der Waals surface area contributed by atoms with Crippen molar-refractivity contribution in [3.8, 4) is 0 Å². The van der Waals surface area contributed by atoms with Gasteiger partial charge in [0.25, 0.3) is 0 Å². The maximum atomic E-state index is 11.4. The lowest BCUT2D eigenvalue weighted by atomic mass is 9.69. The number of aliphatic hydroxyl groups is 1. The number of halogens is 1. The molecular weight excluding hydrogens is 429 g/mol. The number of carbonyl (C=O) groups is 1. The summed E-state index contributed by atoms with van der Waals surface area (Å²) in [4.78, 5) is 11.4. The van der Waals surface area contributed by atoms with E-state index in [-0.39, 0.29) is 24.0 Å². The minimum absolute atomic E-state index is 0. The van der Waals surface area contributed by atoms with E-state index in [1.54, 1.807) is 0 Å². The van der Waals surface area contributed by atoms with Gasteiger partial charge in [-0.25, -0.2) is 0 Å². The van der Waals surface area contributed by atoms with Gasteiger partial charge in [0.2, 0.25) is 0 Å². The Hall–Kier alpha value is -0.660. The van der Waals surface area contributed by atoms with Gasteiger partial charge in [-0.05, 0) is 32.3 Å². The molecule has 0 unspecified atom stereocenters. The van der Waals surface area contributed by atoms with Gasteiger partial charge in [0.05, 0.1) is 32.7 Å². The fraction of sp³-hybridized carbons (Fsp3) is 0.650. The van der Waals surface area contributed by atoms with Crippen molar-refractivity contribution in [2.75, 3.05) is 33.3 Å². The molecule has 0 spiro atoms. The molecule has 0 amide bonds. The summed E-state index contributed by atoms with van der Waals surface area (Å²) < 4.78 is 0.983. The van der Waals surface area contributed by atoms with Crippen LogP contribution in [0.4, 0.5) is 0 Å². The normalized spacial score (nSPS) is 16.2. The molecule has 144 valence electrons. The molecule has 1 aromatic carbocycles. The van der Waals surface area contributed by atoms with Crippen LogP contribution in [0.15, 0.2) is 30.3 Å². The molecule has 4 nitrogen and oxygen atoms in total. The molecule has 1 N–H and O–H groups in total. The second-order valence-corrected chi connectivity index (χ2v) is 7.00. The summed E-state index contributed by atoms with van der Waals surface area (Å²) in [6.45, 7) is 7.71. The predicted molar refractivity (Wildman–Crippen MR) is 95.4 cm³/mol. The fourth-order valence-electron chi connectivity index (χ4n) is 3.30. The summed E-state index contributed by atoms with van der Waals surface area (Å²) >= 11 is 0. The van der Waals surface area contributed by atoms with Gasteiger partial charge in [-0.3, -0.25) is 0 Å². The first-order valence-electron chi connectivity index (χ1n) is 9.15. The van der Waals surface area contributed by atoms with Crippen LogP contribution in [0.25, 0.3) is 0 Å². The first-order chi connectivity index (χ1) is 11.4. The number of aliphatic hydroxyl groups excluding tert-OH is 1. The predicted octanol–water partition coefficient (Wildman–Crippen LogP) is -0.892. The lowest BCUT2D eigenvalue weighted by Gasteiger charge is -2.38. The van der Waals surface area contributed by atoms with Gasteiger partial charge in [0.15, 0.2) is 0 Å². The zero-order chi connectivity index (χ0) is 18.1. The third-order valence-corrected chi connectivity index (χ3v) is 5.59. The summed E-state index contributed by atoms with van der Waals surface area (Å²) in [5.74, 6) is -0.909. The molecule has 25 heavy (non-hydrogen) atoms. The van der Waals surface area contributed by atoms with E-state index in [2.05, 4.69) is 20.9 Å². The lowest BCUT2D eigenvalue weighted by Crippen LogP contribution is -3.00. The number of likely N-dealkylation sites (N-methyl/N-ethyl adjacent to an activating group) is 1. The number of quaternary nitrogens is 1. The van der Waals surface area contributed by atoms with Crippen molar-refractivity contribution >= 4 is 5.97 Å². The second kappa shape index (κ2) is 11.9. The second-order valence-electron chi connectivity index (χ2n) is 7.00. The van der Waals surface area contributed by atoms with Crippen LogP contribution >= 0.6 is 0 Å². The molecule has 1 fully saturated rings. The third kappa shape index (κ3) is 6.87. The van der Waals surface area contributed by atoms with Crippen LogP contribution in [0.2, 0.25) is 0 Å². The van der Waals surface area contributed by atoms with E-state index in [1.165, 1.54) is 0 Å². The highest BCUT2D eigenvalue weighted by molar-refractivity contribution is 5.79. The summed E-state index contributed by atoms with van der Waals surface area (Å²) in [5.41, 5.74) is 0.184. The molecule has 0 atom stereocenters. The van der Waals surface area contributed by atoms with Crippen LogP contribution in [0.5, 0.6) is 0 Å². The zero-order valence-corrected chi connectivity index (χ0v) is 18.0. The standard InChI is InChI=1S/C13H16O2.C7H18NO.HI/c14-12(15)13(9-5-2-6-10-13)11-7-3-1-4-8-11;1-4-8(3,5-2)6-7-9;/h1,3-4,7-8H,2,5-6,9-10H2,(H,14,15);9H,4-7H2,1-3H3;1H/q;+1;/p-2. The Morgan fingerprint density at radius 3 is 2.00 bits per heavy atom. The number of carbonyl (C=O) groups excluding carboxylic acids is 1. The Morgan fingerprint density at radius 1 is 1.12 bits per heavy atom. The Morgan fingerprint density at radius 2 is 1.64 bits per heavy atom. The molecule has 0 aromatic heterocycles. The Balaban J connectivity index is 0.000000504. The van der Waals surface area contributed by atoms with Crippen LogP contribution in [0, 0.1) is 0 Å². The SMILES string of the molecule is CC[N+](C)(CC)CCO.O=C([O-])C1(c2ccccc2)CCCCC1.[I-]. The first-order valence-corrected chi connectivity index (χ1v) is 9.15. The Labute approximate surface area is 169 Å². The maximum absolute atomic E-state index is 11.4. The smallest absolute Gasteiger partial charge is 0.102 e. The van der Waals surface area contributed by atoms with E-state index in [9.17, 15) is 9.90 Å². The van der Waals surface area contributed by atoms with Crippen molar-refractivity contribution < 1.29 is 43.5 Å². The molecule has 0 saturated heterocycles. The van der Waals surface area contributed by atoms with E-state index >= 15 is 0 Å². The van der Waals surface area contributed by atoms with Crippen molar-refractivity contribution in [3.05, 3.63) is 35.9 Å². The minimum atomic E-state index is -0.909. The molecule has 0 radical (unpaired) electrons. The number of hydrogen-bond donors (Lipinski definition) is 1. The average Bonchev–Trinajstić information content (AvgIpc) is 2.63. The number of nitrogens with zero attached hydrogens (tertiary/aromatic N) is 1. The van der Waals surface area contributed by atoms with Crippen LogP contribution in [0.3, 0.4) is 0 Å². The van der Waals surface area contributed by atoms with Gasteiger partial charge < -0.3 is 43.5 Å². The zero-order valence-electron chi connectivity index (χ0n) is 15.8. The summed E-state index contributed by atoms with van der Waals surface area (Å²) in [6.07, 6.45) is 4.56. The summed E-state index contributed by atoms with van der Waals surface area (Å²) in [6, 6.07) is 9.51. The van der Waals surface area contributed by atoms with Crippen LogP contribution < -0.4 is 29.1 Å². The van der Waals surface area contributed by atoms with Gasteiger partial charge in [-0.2, -0.15) is 0 Å². The van der Waals surface area contributed by atoms with Crippen molar-refractivity contribution in [3.63, 3.8) is 0 Å². The molecule has 1 aliphatic carbocycles. The molecule has 0 aliphatic heterocycles. The Kier molecular flexibility index (Phi) is 11.5. The third-order valence-electron chi connectivity index (χ3n) is 5.59. The number of rotatable bonds is 6. The summed E-state index contributed by atoms with van der Waals surface area (Å²) in [7, 11) is 2.16. The number of carboxylic acid groups (broad SMARTS) is 1. The monoisotopic (exact) mass is 462 g/mol. The molecule has 5 heteroatoms. The van der Waals surface area contributed by atoms with E-state index < -0.39 is 11.4 Å². The molecule has 1 saturated carbocycles. The molecule has 0 bridgehead atoms. The topological polar surface area (TPSA) is 60.4 Å². The molecule has 1 aromatic rings. The van der Waals surface area contributed by atoms with Gasteiger partial charge in [0, 0.05) is 5.41 Å². The van der Waals surface area contributed by atoms with Crippen LogP contribution in [0.1, 0.15) is 51.5 Å². The van der Waals surface area contributed by atoms with Crippen LogP contribution in [-0.2, 0) is 10.2 Å². The summed E-state index contributed by atoms with van der Waals surface area (Å²) in [5, 5.41) is 20.0. The minimum Gasteiger partial charge on any atom is -1.00 e. The first kappa shape index (κ1) is 24.3.